The van der Waals surface area contributed by atoms with Crippen LogP contribution >= 0.6 is 11.3 Å². The van der Waals surface area contributed by atoms with Crippen LogP contribution in [0.5, 0.6) is 0 Å². The van der Waals surface area contributed by atoms with Crippen LogP contribution < -0.4 is 5.32 Å². The van der Waals surface area contributed by atoms with E-state index in [0.717, 1.165) is 29.5 Å². The van der Waals surface area contributed by atoms with Crippen LogP contribution in [0.1, 0.15) is 28.1 Å². The van der Waals surface area contributed by atoms with Crippen molar-refractivity contribution in [3.05, 3.63) is 45.4 Å². The number of para-hydroxylation sites is 1. The number of nitrogens with one attached hydrogen (secondary N) is 1. The van der Waals surface area contributed by atoms with Gasteiger partial charge in [-0.2, -0.15) is 0 Å². The van der Waals surface area contributed by atoms with E-state index in [0.29, 0.717) is 6.61 Å². The van der Waals surface area contributed by atoms with E-state index in [4.69, 9.17) is 4.74 Å². The summed E-state index contributed by atoms with van der Waals surface area (Å²) >= 11 is 1.75. The molecule has 0 atom stereocenters. The van der Waals surface area contributed by atoms with E-state index in [-0.39, 0.29) is 0 Å². The number of hydrogen-bond donors (Lipinski definition) is 1. The molecule has 0 aliphatic carbocycles. The number of hydrogen-bond acceptors (Lipinski definition) is 4. The molecule has 0 amide bonds. The third kappa shape index (κ3) is 3.78. The number of thiazole rings is 1. The molecule has 0 saturated carbocycles. The van der Waals surface area contributed by atoms with Crippen LogP contribution in [0.2, 0.25) is 0 Å². The highest BCUT2D eigenvalue weighted by atomic mass is 32.1. The average molecular weight is 276 g/mol. The van der Waals surface area contributed by atoms with Gasteiger partial charge in [-0.15, -0.1) is 11.3 Å². The predicted molar refractivity (Wildman–Crippen MR) is 80.7 cm³/mol. The molecule has 19 heavy (non-hydrogen) atoms. The maximum atomic E-state index is 5.49. The highest BCUT2D eigenvalue weighted by Crippen LogP contribution is 2.21. The number of rotatable bonds is 6. The molecule has 0 unspecified atom stereocenters. The molecule has 0 aliphatic heterocycles. The Kier molecular flexibility index (Phi) is 4.93. The third-order valence-corrected chi connectivity index (χ3v) is 3.99. The fourth-order valence-electron chi connectivity index (χ4n) is 1.94. The van der Waals surface area contributed by atoms with Crippen molar-refractivity contribution in [1.29, 1.82) is 0 Å². The molecular formula is C15H20N2OS. The van der Waals surface area contributed by atoms with Gasteiger partial charge >= 0.3 is 0 Å². The van der Waals surface area contributed by atoms with Gasteiger partial charge in [-0.25, -0.2) is 4.98 Å². The highest BCUT2D eigenvalue weighted by Gasteiger charge is 2.06. The van der Waals surface area contributed by atoms with Crippen molar-refractivity contribution in [2.75, 3.05) is 11.9 Å². The fourth-order valence-corrected chi connectivity index (χ4v) is 2.82. The van der Waals surface area contributed by atoms with Gasteiger partial charge in [0.1, 0.15) is 0 Å². The first-order valence-electron chi connectivity index (χ1n) is 6.53. The van der Waals surface area contributed by atoms with Crippen molar-refractivity contribution < 1.29 is 4.74 Å². The fraction of sp³-hybridized carbons (Fsp3) is 0.400. The third-order valence-electron chi connectivity index (χ3n) is 2.92. The lowest BCUT2D eigenvalue weighted by atomic mass is 10.2. The first-order chi connectivity index (χ1) is 9.20. The second-order valence-electron chi connectivity index (χ2n) is 4.39. The van der Waals surface area contributed by atoms with Crippen molar-refractivity contribution in [3.8, 4) is 0 Å². The number of aryl methyl sites for hydroxylation is 2. The molecule has 0 bridgehead atoms. The van der Waals surface area contributed by atoms with Gasteiger partial charge in [-0.05, 0) is 26.8 Å². The molecule has 3 nitrogen and oxygen atoms in total. The van der Waals surface area contributed by atoms with Gasteiger partial charge in [-0.1, -0.05) is 18.2 Å². The number of ether oxygens (including phenoxy) is 1. The monoisotopic (exact) mass is 276 g/mol. The molecule has 0 fully saturated rings. The molecule has 1 heterocycles. The summed E-state index contributed by atoms with van der Waals surface area (Å²) in [5, 5.41) is 4.61. The van der Waals surface area contributed by atoms with Crippen LogP contribution in [0.25, 0.3) is 0 Å². The first kappa shape index (κ1) is 14.0. The quantitative estimate of drug-likeness (QED) is 0.868. The summed E-state index contributed by atoms with van der Waals surface area (Å²) < 4.78 is 5.49. The summed E-state index contributed by atoms with van der Waals surface area (Å²) in [7, 11) is 0. The van der Waals surface area contributed by atoms with E-state index in [1.807, 2.05) is 26.0 Å². The lowest BCUT2D eigenvalue weighted by Crippen LogP contribution is -2.03. The van der Waals surface area contributed by atoms with Gasteiger partial charge in [0, 0.05) is 22.7 Å². The summed E-state index contributed by atoms with van der Waals surface area (Å²) in [5.74, 6) is 0. The maximum absolute atomic E-state index is 5.49. The second-order valence-corrected chi connectivity index (χ2v) is 5.68. The zero-order valence-electron chi connectivity index (χ0n) is 11.7. The summed E-state index contributed by atoms with van der Waals surface area (Å²) in [6, 6.07) is 8.28. The summed E-state index contributed by atoms with van der Waals surface area (Å²) in [4.78, 5) is 5.74. The molecule has 102 valence electrons. The smallest absolute Gasteiger partial charge is 0.0900 e. The first-order valence-corrected chi connectivity index (χ1v) is 7.34. The van der Waals surface area contributed by atoms with Crippen molar-refractivity contribution >= 4 is 17.0 Å². The zero-order chi connectivity index (χ0) is 13.7. The van der Waals surface area contributed by atoms with Crippen molar-refractivity contribution in [2.24, 2.45) is 0 Å². The van der Waals surface area contributed by atoms with Gasteiger partial charge in [0.25, 0.3) is 0 Å². The minimum atomic E-state index is 0.653. The van der Waals surface area contributed by atoms with E-state index in [1.165, 1.54) is 10.4 Å². The Morgan fingerprint density at radius 3 is 2.74 bits per heavy atom. The standard InChI is InChI=1S/C15H20N2OS/c1-4-18-10-13-7-5-6-8-14(13)16-9-15-11(2)17-12(3)19-15/h5-8,16H,4,9-10H2,1-3H3. The Labute approximate surface area is 118 Å². The Bertz CT molecular complexity index is 537. The van der Waals surface area contributed by atoms with Gasteiger partial charge in [0.15, 0.2) is 0 Å². The van der Waals surface area contributed by atoms with Crippen LogP contribution in [0, 0.1) is 13.8 Å². The van der Waals surface area contributed by atoms with Crippen LogP contribution in [0.15, 0.2) is 24.3 Å². The molecule has 2 rings (SSSR count). The van der Waals surface area contributed by atoms with Crippen molar-refractivity contribution in [3.63, 3.8) is 0 Å². The topological polar surface area (TPSA) is 34.1 Å². The molecule has 2 aromatic rings. The van der Waals surface area contributed by atoms with E-state index >= 15 is 0 Å². The maximum Gasteiger partial charge on any atom is 0.0900 e. The highest BCUT2D eigenvalue weighted by molar-refractivity contribution is 7.11. The van der Waals surface area contributed by atoms with E-state index in [2.05, 4.69) is 29.4 Å². The normalized spacial score (nSPS) is 10.7. The van der Waals surface area contributed by atoms with Gasteiger partial charge in [-0.3, -0.25) is 0 Å². The lowest BCUT2D eigenvalue weighted by molar-refractivity contribution is 0.134. The molecule has 0 saturated heterocycles. The minimum Gasteiger partial charge on any atom is -0.380 e. The van der Waals surface area contributed by atoms with Crippen molar-refractivity contribution in [2.45, 2.75) is 33.9 Å². The number of benzene rings is 1. The minimum absolute atomic E-state index is 0.653. The van der Waals surface area contributed by atoms with Gasteiger partial charge in [0.2, 0.25) is 0 Å². The Morgan fingerprint density at radius 1 is 1.26 bits per heavy atom. The molecule has 1 aromatic heterocycles. The van der Waals surface area contributed by atoms with Crippen LogP contribution in [0.4, 0.5) is 5.69 Å². The van der Waals surface area contributed by atoms with Gasteiger partial charge in [0.05, 0.1) is 23.9 Å². The number of nitrogens with zero attached hydrogens (tertiary/aromatic N) is 1. The van der Waals surface area contributed by atoms with E-state index < -0.39 is 0 Å². The van der Waals surface area contributed by atoms with Crippen LogP contribution in [0.3, 0.4) is 0 Å². The Balaban J connectivity index is 2.04. The van der Waals surface area contributed by atoms with Gasteiger partial charge < -0.3 is 10.1 Å². The second kappa shape index (κ2) is 6.68. The summed E-state index contributed by atoms with van der Waals surface area (Å²) in [6.07, 6.45) is 0. The Hall–Kier alpha value is -1.39. The lowest BCUT2D eigenvalue weighted by Gasteiger charge is -2.11. The number of anilines is 1. The predicted octanol–water partition coefficient (Wildman–Crippen LogP) is 3.91. The van der Waals surface area contributed by atoms with E-state index in [1.54, 1.807) is 11.3 Å². The molecule has 1 aromatic carbocycles. The molecule has 0 radical (unpaired) electrons. The zero-order valence-corrected chi connectivity index (χ0v) is 12.5. The van der Waals surface area contributed by atoms with Crippen LogP contribution in [-0.2, 0) is 17.9 Å². The van der Waals surface area contributed by atoms with E-state index in [9.17, 15) is 0 Å². The molecule has 1 N–H and O–H groups in total. The average Bonchev–Trinajstić information content (AvgIpc) is 2.73. The molecule has 0 aliphatic rings. The SMILES string of the molecule is CCOCc1ccccc1NCc1sc(C)nc1C. The number of aromatic nitrogens is 1. The molecular weight excluding hydrogens is 256 g/mol. The largest absolute Gasteiger partial charge is 0.380 e. The van der Waals surface area contributed by atoms with Crippen molar-refractivity contribution in [1.82, 2.24) is 4.98 Å². The summed E-state index contributed by atoms with van der Waals surface area (Å²) in [6.45, 7) is 8.33. The summed E-state index contributed by atoms with van der Waals surface area (Å²) in [5.41, 5.74) is 3.46. The molecule has 0 spiro atoms. The Morgan fingerprint density at radius 2 is 2.05 bits per heavy atom. The molecule has 4 heteroatoms. The van der Waals surface area contributed by atoms with Crippen LogP contribution in [-0.4, -0.2) is 11.6 Å².